The van der Waals surface area contributed by atoms with Gasteiger partial charge < -0.3 is 15.2 Å². The SMILES string of the molecule is CC(C)(C)OCCOC(=O)c1cn(CCN)nn1. The van der Waals surface area contributed by atoms with Crippen LogP contribution in [0.5, 0.6) is 0 Å². The number of rotatable bonds is 6. The molecule has 2 N–H and O–H groups in total. The summed E-state index contributed by atoms with van der Waals surface area (Å²) < 4.78 is 11.9. The van der Waals surface area contributed by atoms with Gasteiger partial charge in [0.1, 0.15) is 6.61 Å². The highest BCUT2D eigenvalue weighted by Crippen LogP contribution is 2.06. The second-order valence-electron chi connectivity index (χ2n) is 4.75. The van der Waals surface area contributed by atoms with Crippen molar-refractivity contribution in [1.82, 2.24) is 15.0 Å². The van der Waals surface area contributed by atoms with E-state index >= 15 is 0 Å². The lowest BCUT2D eigenvalue weighted by Crippen LogP contribution is -2.22. The van der Waals surface area contributed by atoms with E-state index in [0.29, 0.717) is 19.7 Å². The molecule has 1 rings (SSSR count). The predicted molar refractivity (Wildman–Crippen MR) is 65.1 cm³/mol. The van der Waals surface area contributed by atoms with Gasteiger partial charge in [-0.1, -0.05) is 5.21 Å². The number of hydrogen-bond acceptors (Lipinski definition) is 6. The smallest absolute Gasteiger partial charge is 0.360 e. The molecule has 1 aromatic rings. The summed E-state index contributed by atoms with van der Waals surface area (Å²) >= 11 is 0. The van der Waals surface area contributed by atoms with E-state index in [1.165, 1.54) is 10.9 Å². The topological polar surface area (TPSA) is 92.3 Å². The van der Waals surface area contributed by atoms with Gasteiger partial charge in [0.2, 0.25) is 0 Å². The van der Waals surface area contributed by atoms with Crippen LogP contribution < -0.4 is 5.73 Å². The first kappa shape index (κ1) is 14.6. The van der Waals surface area contributed by atoms with Gasteiger partial charge in [-0.15, -0.1) is 5.10 Å². The number of nitrogens with zero attached hydrogens (tertiary/aromatic N) is 3. The van der Waals surface area contributed by atoms with Crippen molar-refractivity contribution in [1.29, 1.82) is 0 Å². The average molecular weight is 256 g/mol. The summed E-state index contributed by atoms with van der Waals surface area (Å²) in [5.74, 6) is -0.504. The second-order valence-corrected chi connectivity index (χ2v) is 4.75. The molecular formula is C11H20N4O3. The number of carbonyl (C=O) groups is 1. The molecule has 0 aliphatic carbocycles. The highest BCUT2D eigenvalue weighted by molar-refractivity contribution is 5.86. The minimum Gasteiger partial charge on any atom is -0.458 e. The Morgan fingerprint density at radius 2 is 2.17 bits per heavy atom. The summed E-state index contributed by atoms with van der Waals surface area (Å²) in [6.07, 6.45) is 1.51. The van der Waals surface area contributed by atoms with Crippen molar-refractivity contribution < 1.29 is 14.3 Å². The molecule has 0 amide bonds. The molecule has 0 spiro atoms. The van der Waals surface area contributed by atoms with Crippen molar-refractivity contribution in [3.05, 3.63) is 11.9 Å². The fourth-order valence-electron chi connectivity index (χ4n) is 1.19. The van der Waals surface area contributed by atoms with E-state index in [0.717, 1.165) is 0 Å². The predicted octanol–water partition coefficient (Wildman–Crippen LogP) is 0.209. The van der Waals surface area contributed by atoms with Gasteiger partial charge in [-0.3, -0.25) is 4.68 Å². The van der Waals surface area contributed by atoms with Crippen LogP contribution in [0.25, 0.3) is 0 Å². The highest BCUT2D eigenvalue weighted by atomic mass is 16.6. The first-order chi connectivity index (χ1) is 8.42. The molecule has 0 fully saturated rings. The third kappa shape index (κ3) is 5.24. The van der Waals surface area contributed by atoms with E-state index in [2.05, 4.69) is 10.3 Å². The molecule has 0 bridgehead atoms. The van der Waals surface area contributed by atoms with E-state index in [-0.39, 0.29) is 17.9 Å². The van der Waals surface area contributed by atoms with E-state index in [1.54, 1.807) is 0 Å². The van der Waals surface area contributed by atoms with Gasteiger partial charge in [-0.25, -0.2) is 4.79 Å². The Kier molecular flexibility index (Phi) is 5.24. The molecule has 18 heavy (non-hydrogen) atoms. The maximum atomic E-state index is 11.6. The van der Waals surface area contributed by atoms with Gasteiger partial charge in [0.25, 0.3) is 0 Å². The Hall–Kier alpha value is -1.47. The number of esters is 1. The summed E-state index contributed by atoms with van der Waals surface area (Å²) in [6.45, 7) is 7.32. The number of hydrogen-bond donors (Lipinski definition) is 1. The van der Waals surface area contributed by atoms with Crippen molar-refractivity contribution in [2.24, 2.45) is 5.73 Å². The number of aromatic nitrogens is 3. The molecule has 7 heteroatoms. The van der Waals surface area contributed by atoms with Crippen LogP contribution in [0.3, 0.4) is 0 Å². The van der Waals surface area contributed by atoms with Crippen LogP contribution in [0.2, 0.25) is 0 Å². The average Bonchev–Trinajstić information content (AvgIpc) is 2.72. The third-order valence-electron chi connectivity index (χ3n) is 1.96. The van der Waals surface area contributed by atoms with Gasteiger partial charge in [0.15, 0.2) is 5.69 Å². The van der Waals surface area contributed by atoms with Crippen LogP contribution in [-0.4, -0.2) is 46.3 Å². The Morgan fingerprint density at radius 3 is 2.78 bits per heavy atom. The van der Waals surface area contributed by atoms with Crippen molar-refractivity contribution in [2.75, 3.05) is 19.8 Å². The molecular weight excluding hydrogens is 236 g/mol. The van der Waals surface area contributed by atoms with Crippen LogP contribution in [0.4, 0.5) is 0 Å². The van der Waals surface area contributed by atoms with Crippen LogP contribution in [0.1, 0.15) is 31.3 Å². The van der Waals surface area contributed by atoms with Crippen LogP contribution in [0.15, 0.2) is 6.20 Å². The minimum absolute atomic E-state index is 0.180. The summed E-state index contributed by atoms with van der Waals surface area (Å²) in [7, 11) is 0. The second kappa shape index (κ2) is 6.46. The highest BCUT2D eigenvalue weighted by Gasteiger charge is 2.13. The molecule has 0 atom stereocenters. The number of carbonyl (C=O) groups excluding carboxylic acids is 1. The third-order valence-corrected chi connectivity index (χ3v) is 1.96. The first-order valence-electron chi connectivity index (χ1n) is 5.83. The van der Waals surface area contributed by atoms with Crippen LogP contribution in [0, 0.1) is 0 Å². The van der Waals surface area contributed by atoms with E-state index < -0.39 is 5.97 Å². The van der Waals surface area contributed by atoms with Gasteiger partial charge in [-0.05, 0) is 20.8 Å². The number of ether oxygens (including phenoxy) is 2. The molecule has 0 radical (unpaired) electrons. The first-order valence-corrected chi connectivity index (χ1v) is 5.83. The molecule has 102 valence electrons. The molecule has 0 saturated carbocycles. The maximum Gasteiger partial charge on any atom is 0.360 e. The lowest BCUT2D eigenvalue weighted by atomic mass is 10.2. The largest absolute Gasteiger partial charge is 0.458 e. The van der Waals surface area contributed by atoms with Gasteiger partial charge in [0.05, 0.1) is 24.9 Å². The van der Waals surface area contributed by atoms with Gasteiger partial charge in [-0.2, -0.15) is 0 Å². The summed E-state index contributed by atoms with van der Waals surface area (Å²) in [5, 5.41) is 7.45. The molecule has 1 aromatic heterocycles. The van der Waals surface area contributed by atoms with Crippen LogP contribution in [-0.2, 0) is 16.0 Å². The molecule has 1 heterocycles. The molecule has 0 aliphatic heterocycles. The quantitative estimate of drug-likeness (QED) is 0.577. The van der Waals surface area contributed by atoms with E-state index in [1.807, 2.05) is 20.8 Å². The Bertz CT molecular complexity index is 384. The lowest BCUT2D eigenvalue weighted by molar-refractivity contribution is -0.0283. The fourth-order valence-corrected chi connectivity index (χ4v) is 1.19. The normalized spacial score (nSPS) is 11.6. The lowest BCUT2D eigenvalue weighted by Gasteiger charge is -2.19. The monoisotopic (exact) mass is 256 g/mol. The van der Waals surface area contributed by atoms with Crippen LogP contribution >= 0.6 is 0 Å². The standard InChI is InChI=1S/C11H20N4O3/c1-11(2,3)18-7-6-17-10(16)9-8-15(5-4-12)14-13-9/h8H,4-7,12H2,1-3H3. The summed E-state index contributed by atoms with van der Waals surface area (Å²) in [5.41, 5.74) is 5.30. The Morgan fingerprint density at radius 1 is 1.44 bits per heavy atom. The van der Waals surface area contributed by atoms with Gasteiger partial charge >= 0.3 is 5.97 Å². The van der Waals surface area contributed by atoms with Crippen molar-refractivity contribution in [3.63, 3.8) is 0 Å². The zero-order chi connectivity index (χ0) is 13.6. The molecule has 7 nitrogen and oxygen atoms in total. The zero-order valence-electron chi connectivity index (χ0n) is 11.0. The zero-order valence-corrected chi connectivity index (χ0v) is 11.0. The number of nitrogens with two attached hydrogens (primary N) is 1. The maximum absolute atomic E-state index is 11.6. The molecule has 0 aliphatic rings. The summed E-state index contributed by atoms with van der Waals surface area (Å²) in [6, 6.07) is 0. The molecule has 0 unspecified atom stereocenters. The molecule has 0 aromatic carbocycles. The Balaban J connectivity index is 2.31. The summed E-state index contributed by atoms with van der Waals surface area (Å²) in [4.78, 5) is 11.6. The fraction of sp³-hybridized carbons (Fsp3) is 0.727. The minimum atomic E-state index is -0.504. The van der Waals surface area contributed by atoms with Crippen molar-refractivity contribution >= 4 is 5.97 Å². The van der Waals surface area contributed by atoms with Gasteiger partial charge in [0, 0.05) is 6.54 Å². The Labute approximate surface area is 106 Å². The molecule has 0 saturated heterocycles. The van der Waals surface area contributed by atoms with E-state index in [9.17, 15) is 4.79 Å². The van der Waals surface area contributed by atoms with E-state index in [4.69, 9.17) is 15.2 Å². The van der Waals surface area contributed by atoms with Crippen molar-refractivity contribution in [3.8, 4) is 0 Å². The van der Waals surface area contributed by atoms with Crippen molar-refractivity contribution in [2.45, 2.75) is 32.9 Å².